The number of carbonyl (C=O) groups is 4. The second-order valence-corrected chi connectivity index (χ2v) is 13.0. The first-order chi connectivity index (χ1) is 17.4. The minimum Gasteiger partial charge on any atom is -0.458 e. The van der Waals surface area contributed by atoms with Crippen molar-refractivity contribution in [3.05, 3.63) is 23.8 Å². The first-order valence-electron chi connectivity index (χ1n) is 13.4. The lowest BCUT2D eigenvalue weighted by Crippen LogP contribution is -2.79. The van der Waals surface area contributed by atoms with Crippen molar-refractivity contribution in [1.82, 2.24) is 0 Å². The molecule has 9 heteroatoms. The highest BCUT2D eigenvalue weighted by molar-refractivity contribution is 6.01. The zero-order valence-electron chi connectivity index (χ0n) is 21.1. The van der Waals surface area contributed by atoms with Crippen LogP contribution in [0.1, 0.15) is 52.9 Å². The van der Waals surface area contributed by atoms with Crippen molar-refractivity contribution in [2.24, 2.45) is 34.5 Å². The van der Waals surface area contributed by atoms with Crippen molar-refractivity contribution in [3.8, 4) is 0 Å². The first-order valence-corrected chi connectivity index (χ1v) is 13.4. The quantitative estimate of drug-likeness (QED) is 0.382. The topological polar surface area (TPSA) is 125 Å². The van der Waals surface area contributed by atoms with E-state index in [1.165, 1.54) is 0 Å². The molecule has 2 spiro atoms. The van der Waals surface area contributed by atoms with Gasteiger partial charge in [0.1, 0.15) is 6.10 Å². The summed E-state index contributed by atoms with van der Waals surface area (Å²) in [7, 11) is 0. The summed E-state index contributed by atoms with van der Waals surface area (Å²) in [5, 5.41) is 12.4. The largest absolute Gasteiger partial charge is 0.458 e. The molecule has 1 N–H and O–H groups in total. The van der Waals surface area contributed by atoms with Gasteiger partial charge < -0.3 is 24.1 Å². The Morgan fingerprint density at radius 2 is 1.86 bits per heavy atom. The van der Waals surface area contributed by atoms with E-state index in [0.717, 1.165) is 5.57 Å². The molecule has 5 bridgehead atoms. The molecular weight excluding hydrogens is 480 g/mol. The second-order valence-electron chi connectivity index (χ2n) is 13.0. The summed E-state index contributed by atoms with van der Waals surface area (Å²) in [6, 6.07) is 0. The van der Waals surface area contributed by atoms with E-state index >= 15 is 0 Å². The number of ether oxygens (including phenoxy) is 4. The Morgan fingerprint density at radius 3 is 2.65 bits per heavy atom. The summed E-state index contributed by atoms with van der Waals surface area (Å²) >= 11 is 0. The third-order valence-corrected chi connectivity index (χ3v) is 12.0. The normalized spacial score (nSPS) is 58.5. The number of allylic oxidation sites excluding steroid dienone is 4. The molecule has 8 aliphatic rings. The molecule has 8 rings (SSSR count). The van der Waals surface area contributed by atoms with E-state index in [1.807, 2.05) is 26.0 Å². The fourth-order valence-electron chi connectivity index (χ4n) is 10.0. The van der Waals surface area contributed by atoms with Gasteiger partial charge in [0.25, 0.3) is 0 Å². The van der Waals surface area contributed by atoms with Crippen LogP contribution in [-0.2, 0) is 38.1 Å². The molecule has 5 aliphatic heterocycles. The molecule has 0 aromatic rings. The number of esters is 2. The Kier molecular flexibility index (Phi) is 3.73. The van der Waals surface area contributed by atoms with Crippen molar-refractivity contribution in [2.45, 2.75) is 81.6 Å². The number of carbonyl (C=O) groups excluding carboxylic acids is 4. The number of ketones is 2. The zero-order valence-corrected chi connectivity index (χ0v) is 21.1. The first kappa shape index (κ1) is 22.6. The number of Topliss-reactive ketones (excluding diaryl/α,β-unsaturated/α-hetero) is 1. The van der Waals surface area contributed by atoms with Gasteiger partial charge in [-0.15, -0.1) is 0 Å². The van der Waals surface area contributed by atoms with E-state index in [2.05, 4.69) is 0 Å². The maximum atomic E-state index is 14.8. The van der Waals surface area contributed by atoms with Crippen LogP contribution >= 0.6 is 0 Å². The molecule has 37 heavy (non-hydrogen) atoms. The smallest absolute Gasteiger partial charge is 0.342 e. The van der Waals surface area contributed by atoms with E-state index in [9.17, 15) is 24.3 Å². The third kappa shape index (κ3) is 1.97. The molecule has 196 valence electrons. The fraction of sp³-hybridized carbons (Fsp3) is 0.714. The third-order valence-electron chi connectivity index (χ3n) is 12.0. The van der Waals surface area contributed by atoms with Crippen LogP contribution in [0.3, 0.4) is 0 Å². The van der Waals surface area contributed by atoms with E-state index in [0.29, 0.717) is 25.7 Å². The number of fused-ring (bicyclic) bond motifs is 5. The molecule has 0 amide bonds. The monoisotopic (exact) mass is 510 g/mol. The summed E-state index contributed by atoms with van der Waals surface area (Å²) in [6.45, 7) is 5.29. The van der Waals surface area contributed by atoms with Crippen LogP contribution < -0.4 is 0 Å². The average Bonchev–Trinajstić information content (AvgIpc) is 3.16. The minimum atomic E-state index is -2.17. The molecule has 1 saturated carbocycles. The van der Waals surface area contributed by atoms with Gasteiger partial charge in [-0.05, 0) is 63.4 Å². The van der Waals surface area contributed by atoms with E-state index in [1.54, 1.807) is 13.0 Å². The molecule has 5 heterocycles. The minimum absolute atomic E-state index is 0.0380. The van der Waals surface area contributed by atoms with Crippen LogP contribution in [0.25, 0.3) is 0 Å². The van der Waals surface area contributed by atoms with Crippen molar-refractivity contribution in [1.29, 1.82) is 0 Å². The van der Waals surface area contributed by atoms with Gasteiger partial charge in [-0.3, -0.25) is 14.4 Å². The Bertz CT molecular complexity index is 1300. The molecule has 9 nitrogen and oxygen atoms in total. The Hall–Kier alpha value is -2.36. The van der Waals surface area contributed by atoms with Gasteiger partial charge in [0, 0.05) is 5.92 Å². The maximum Gasteiger partial charge on any atom is 0.342 e. The highest BCUT2D eigenvalue weighted by Crippen LogP contribution is 2.75. The lowest BCUT2D eigenvalue weighted by Gasteiger charge is -2.63. The molecule has 5 saturated heterocycles. The molecule has 0 aromatic heterocycles. The van der Waals surface area contributed by atoms with Gasteiger partial charge in [0.15, 0.2) is 28.4 Å². The van der Waals surface area contributed by atoms with Crippen molar-refractivity contribution in [3.63, 3.8) is 0 Å². The Morgan fingerprint density at radius 1 is 1.08 bits per heavy atom. The van der Waals surface area contributed by atoms with E-state index < -0.39 is 75.1 Å². The molecule has 3 aliphatic carbocycles. The van der Waals surface area contributed by atoms with Gasteiger partial charge in [-0.25, -0.2) is 4.79 Å². The van der Waals surface area contributed by atoms with Gasteiger partial charge in [-0.2, -0.15) is 0 Å². The number of hydrogen-bond donors (Lipinski definition) is 1. The van der Waals surface area contributed by atoms with Crippen LogP contribution in [0.4, 0.5) is 0 Å². The lowest BCUT2D eigenvalue weighted by molar-refractivity contribution is -0.374. The van der Waals surface area contributed by atoms with Crippen LogP contribution in [0.5, 0.6) is 0 Å². The summed E-state index contributed by atoms with van der Waals surface area (Å²) in [4.78, 5) is 55.2. The van der Waals surface area contributed by atoms with Crippen molar-refractivity contribution >= 4 is 23.5 Å². The molecule has 0 radical (unpaired) electrons. The predicted molar refractivity (Wildman–Crippen MR) is 122 cm³/mol. The number of aliphatic hydroxyl groups is 1. The summed E-state index contributed by atoms with van der Waals surface area (Å²) in [5.41, 5.74) is -6.43. The summed E-state index contributed by atoms with van der Waals surface area (Å²) in [5.74, 6) is -6.36. The fourth-order valence-corrected chi connectivity index (χ4v) is 10.0. The molecule has 0 unspecified atom stereocenters. The standard InChI is InChI=1S/C28H30O9/c1-23-11-18-25(3)28-19(23)20(30)27(37-28,34-12-16(23)21(31)35-18)15-8-7-13-5-4-6-17(29)24(13,2)14(15)9-10-26(28,33)22(32)36-25/h4,6-7,14-16,18-19,33H,5,8-12H2,1-3H3/t14-,15+,16-,18-,19-,23+,24-,25-,26+,27+,28-/m0/s1. The highest BCUT2D eigenvalue weighted by atomic mass is 16.8. The Balaban J connectivity index is 1.43. The highest BCUT2D eigenvalue weighted by Gasteiger charge is 2.93. The van der Waals surface area contributed by atoms with Gasteiger partial charge in [0.05, 0.1) is 23.9 Å². The van der Waals surface area contributed by atoms with E-state index in [4.69, 9.17) is 18.9 Å². The SMILES string of the molecule is C[C@]12C(=O)C=CCC1=CC[C@@H]1[C@@H]2CC[C@@]2(O)C(=O)O[C@@]3(C)[C@@H]4C[C@]5(C)[C@@H](CO[C@@]16O[C@]23[C@H]5C6=O)C(=O)O4. The van der Waals surface area contributed by atoms with Crippen molar-refractivity contribution < 1.29 is 43.2 Å². The van der Waals surface area contributed by atoms with E-state index in [-0.39, 0.29) is 24.6 Å². The van der Waals surface area contributed by atoms with Crippen LogP contribution in [-0.4, -0.2) is 63.9 Å². The van der Waals surface area contributed by atoms with Gasteiger partial charge >= 0.3 is 11.9 Å². The lowest BCUT2D eigenvalue weighted by atomic mass is 9.46. The number of rotatable bonds is 0. The summed E-state index contributed by atoms with van der Waals surface area (Å²) < 4.78 is 25.1. The maximum absolute atomic E-state index is 14.8. The molecule has 6 fully saturated rings. The average molecular weight is 511 g/mol. The van der Waals surface area contributed by atoms with Crippen LogP contribution in [0.2, 0.25) is 0 Å². The second kappa shape index (κ2) is 6.10. The van der Waals surface area contributed by atoms with Crippen LogP contribution in [0.15, 0.2) is 23.8 Å². The summed E-state index contributed by atoms with van der Waals surface area (Å²) in [6.07, 6.45) is 6.24. The van der Waals surface area contributed by atoms with Gasteiger partial charge in [0.2, 0.25) is 5.79 Å². The zero-order chi connectivity index (χ0) is 26.0. The van der Waals surface area contributed by atoms with Gasteiger partial charge in [-0.1, -0.05) is 24.6 Å². The number of hydrogen-bond acceptors (Lipinski definition) is 9. The van der Waals surface area contributed by atoms with Crippen LogP contribution in [0, 0.1) is 34.5 Å². The molecule has 0 aromatic carbocycles. The predicted octanol–water partition coefficient (Wildman–Crippen LogP) is 1.56. The molecular formula is C28H30O9. The van der Waals surface area contributed by atoms with Crippen molar-refractivity contribution in [2.75, 3.05) is 6.61 Å². The molecule has 11 atom stereocenters. The Labute approximate surface area is 213 Å².